The molecule has 104 valence electrons. The Hall–Kier alpha value is -1.43. The number of pyridine rings is 1. The second kappa shape index (κ2) is 6.14. The van der Waals surface area contributed by atoms with Gasteiger partial charge in [0.05, 0.1) is 13.3 Å². The van der Waals surface area contributed by atoms with E-state index in [0.29, 0.717) is 0 Å². The third-order valence-corrected chi connectivity index (χ3v) is 4.14. The smallest absolute Gasteiger partial charge is 0.242 e. The second-order valence-electron chi connectivity index (χ2n) is 4.47. The number of carbonyl (C=O) groups is 1. The van der Waals surface area contributed by atoms with Crippen LogP contribution in [0.1, 0.15) is 5.69 Å². The van der Waals surface area contributed by atoms with Gasteiger partial charge in [-0.2, -0.15) is 11.8 Å². The van der Waals surface area contributed by atoms with E-state index in [1.54, 1.807) is 10.8 Å². The van der Waals surface area contributed by atoms with E-state index < -0.39 is 0 Å². The molecule has 0 bridgehead atoms. The molecule has 0 radical (unpaired) electrons. The quantitative estimate of drug-likeness (QED) is 0.820. The minimum absolute atomic E-state index is 0.0918. The molecule has 1 aliphatic heterocycles. The van der Waals surface area contributed by atoms with Gasteiger partial charge in [0, 0.05) is 36.4 Å². The molecule has 1 aromatic heterocycles. The summed E-state index contributed by atoms with van der Waals surface area (Å²) in [4.78, 5) is 25.6. The van der Waals surface area contributed by atoms with Crippen LogP contribution < -0.4 is 10.2 Å². The molecule has 1 amide bonds. The molecule has 0 saturated carbocycles. The number of aromatic nitrogens is 1. The van der Waals surface area contributed by atoms with Gasteiger partial charge < -0.3 is 14.2 Å². The molecule has 0 unspecified atom stereocenters. The Balaban J connectivity index is 2.13. The van der Waals surface area contributed by atoms with Gasteiger partial charge in [0.25, 0.3) is 0 Å². The summed E-state index contributed by atoms with van der Waals surface area (Å²) >= 11 is 1.87. The van der Waals surface area contributed by atoms with Crippen molar-refractivity contribution in [3.63, 3.8) is 0 Å². The van der Waals surface area contributed by atoms with Gasteiger partial charge in [-0.3, -0.25) is 9.59 Å². The fraction of sp³-hybridized carbons (Fsp3) is 0.538. The van der Waals surface area contributed by atoms with Crippen molar-refractivity contribution in [2.45, 2.75) is 13.5 Å². The predicted molar refractivity (Wildman–Crippen MR) is 75.9 cm³/mol. The zero-order valence-electron chi connectivity index (χ0n) is 11.2. The third kappa shape index (κ3) is 3.32. The zero-order chi connectivity index (χ0) is 13.8. The van der Waals surface area contributed by atoms with Crippen LogP contribution >= 0.6 is 11.8 Å². The summed E-state index contributed by atoms with van der Waals surface area (Å²) in [5.74, 6) is 2.36. The van der Waals surface area contributed by atoms with Crippen molar-refractivity contribution >= 4 is 17.7 Å². The SMILES string of the molecule is COc1cn(CC(=O)N2CCSCC2)c(C)cc1=O. The maximum Gasteiger partial charge on any atom is 0.242 e. The van der Waals surface area contributed by atoms with Crippen LogP contribution in [0.5, 0.6) is 5.75 Å². The average Bonchev–Trinajstić information content (AvgIpc) is 2.42. The molecule has 19 heavy (non-hydrogen) atoms. The highest BCUT2D eigenvalue weighted by Gasteiger charge is 2.17. The minimum atomic E-state index is -0.155. The van der Waals surface area contributed by atoms with Crippen molar-refractivity contribution in [3.05, 3.63) is 28.2 Å². The van der Waals surface area contributed by atoms with Gasteiger partial charge in [0.1, 0.15) is 6.54 Å². The number of thioether (sulfide) groups is 1. The largest absolute Gasteiger partial charge is 0.491 e. The van der Waals surface area contributed by atoms with Crippen molar-refractivity contribution in [2.75, 3.05) is 31.7 Å². The van der Waals surface area contributed by atoms with E-state index >= 15 is 0 Å². The summed E-state index contributed by atoms with van der Waals surface area (Å²) in [7, 11) is 1.46. The molecular weight excluding hydrogens is 264 g/mol. The van der Waals surface area contributed by atoms with E-state index in [2.05, 4.69) is 0 Å². The molecule has 1 aromatic rings. The number of nitrogens with zero attached hydrogens (tertiary/aromatic N) is 2. The highest BCUT2D eigenvalue weighted by atomic mass is 32.2. The average molecular weight is 282 g/mol. The summed E-state index contributed by atoms with van der Waals surface area (Å²) in [5.41, 5.74) is 0.614. The van der Waals surface area contributed by atoms with Crippen LogP contribution in [0.3, 0.4) is 0 Å². The Labute approximate surface area is 116 Å². The van der Waals surface area contributed by atoms with Gasteiger partial charge in [-0.1, -0.05) is 0 Å². The summed E-state index contributed by atoms with van der Waals surface area (Å²) in [6, 6.07) is 1.50. The maximum atomic E-state index is 12.2. The number of hydrogen-bond donors (Lipinski definition) is 0. The molecule has 0 spiro atoms. The standard InChI is InChI=1S/C13H18N2O3S/c1-10-7-11(16)12(18-2)8-15(10)9-13(17)14-3-5-19-6-4-14/h7-8H,3-6,9H2,1-2H3. The van der Waals surface area contributed by atoms with Crippen LogP contribution in [0, 0.1) is 6.92 Å². The summed E-state index contributed by atoms with van der Waals surface area (Å²) in [6.45, 7) is 3.69. The van der Waals surface area contributed by atoms with Gasteiger partial charge >= 0.3 is 0 Å². The van der Waals surface area contributed by atoms with E-state index in [1.807, 2.05) is 23.6 Å². The molecule has 0 N–H and O–H groups in total. The first-order chi connectivity index (χ1) is 9.11. The number of methoxy groups -OCH3 is 1. The number of hydrogen-bond acceptors (Lipinski definition) is 4. The number of carbonyl (C=O) groups excluding carboxylic acids is 1. The van der Waals surface area contributed by atoms with Crippen molar-refractivity contribution in [2.24, 2.45) is 0 Å². The van der Waals surface area contributed by atoms with Crippen LogP contribution in [-0.2, 0) is 11.3 Å². The first-order valence-electron chi connectivity index (χ1n) is 6.22. The van der Waals surface area contributed by atoms with Crippen molar-refractivity contribution in [3.8, 4) is 5.75 Å². The summed E-state index contributed by atoms with van der Waals surface area (Å²) < 4.78 is 6.77. The first-order valence-corrected chi connectivity index (χ1v) is 7.38. The molecule has 5 nitrogen and oxygen atoms in total. The van der Waals surface area contributed by atoms with E-state index in [1.165, 1.54) is 13.2 Å². The van der Waals surface area contributed by atoms with E-state index in [4.69, 9.17) is 4.74 Å². The molecule has 2 rings (SSSR count). The molecule has 1 saturated heterocycles. The predicted octanol–water partition coefficient (Wildman–Crippen LogP) is 0.741. The lowest BCUT2D eigenvalue weighted by atomic mass is 10.3. The zero-order valence-corrected chi connectivity index (χ0v) is 12.0. The van der Waals surface area contributed by atoms with Crippen LogP contribution in [0.15, 0.2) is 17.1 Å². The van der Waals surface area contributed by atoms with E-state index in [-0.39, 0.29) is 23.6 Å². The normalized spacial score (nSPS) is 15.4. The Bertz CT molecular complexity index is 521. The number of amides is 1. The van der Waals surface area contributed by atoms with Crippen LogP contribution in [0.25, 0.3) is 0 Å². The van der Waals surface area contributed by atoms with Gasteiger partial charge in [-0.05, 0) is 6.92 Å². The highest BCUT2D eigenvalue weighted by Crippen LogP contribution is 2.11. The maximum absolute atomic E-state index is 12.2. The van der Waals surface area contributed by atoms with Crippen molar-refractivity contribution < 1.29 is 9.53 Å². The summed E-state index contributed by atoms with van der Waals surface area (Å²) in [5, 5.41) is 0. The Morgan fingerprint density at radius 3 is 2.74 bits per heavy atom. The van der Waals surface area contributed by atoms with Crippen LogP contribution in [0.2, 0.25) is 0 Å². The molecule has 1 fully saturated rings. The minimum Gasteiger partial charge on any atom is -0.491 e. The molecular formula is C13H18N2O3S. The molecule has 0 aliphatic carbocycles. The number of aryl methyl sites for hydroxylation is 1. The van der Waals surface area contributed by atoms with Crippen molar-refractivity contribution in [1.82, 2.24) is 9.47 Å². The lowest BCUT2D eigenvalue weighted by Gasteiger charge is -2.27. The molecule has 1 aliphatic rings. The molecule has 2 heterocycles. The Morgan fingerprint density at radius 1 is 1.42 bits per heavy atom. The fourth-order valence-corrected chi connectivity index (χ4v) is 2.94. The summed E-state index contributed by atoms with van der Waals surface area (Å²) in [6.07, 6.45) is 1.61. The second-order valence-corrected chi connectivity index (χ2v) is 5.69. The van der Waals surface area contributed by atoms with E-state index in [9.17, 15) is 9.59 Å². The Morgan fingerprint density at radius 2 is 2.11 bits per heavy atom. The van der Waals surface area contributed by atoms with Crippen LogP contribution in [0.4, 0.5) is 0 Å². The van der Waals surface area contributed by atoms with Gasteiger partial charge in [0.2, 0.25) is 11.3 Å². The third-order valence-electron chi connectivity index (χ3n) is 3.20. The molecule has 0 atom stereocenters. The topological polar surface area (TPSA) is 51.5 Å². The van der Waals surface area contributed by atoms with Gasteiger partial charge in [-0.25, -0.2) is 0 Å². The van der Waals surface area contributed by atoms with Crippen LogP contribution in [-0.4, -0.2) is 47.1 Å². The fourth-order valence-electron chi connectivity index (χ4n) is 2.03. The number of ether oxygens (including phenoxy) is 1. The molecule has 6 heteroatoms. The van der Waals surface area contributed by atoms with Crippen molar-refractivity contribution in [1.29, 1.82) is 0 Å². The first kappa shape index (κ1) is 14.0. The molecule has 0 aromatic carbocycles. The van der Waals surface area contributed by atoms with E-state index in [0.717, 1.165) is 30.3 Å². The van der Waals surface area contributed by atoms with Gasteiger partial charge in [-0.15, -0.1) is 0 Å². The lowest BCUT2D eigenvalue weighted by molar-refractivity contribution is -0.131. The number of rotatable bonds is 3. The monoisotopic (exact) mass is 282 g/mol. The Kier molecular flexibility index (Phi) is 4.52. The van der Waals surface area contributed by atoms with Gasteiger partial charge in [0.15, 0.2) is 5.75 Å². The highest BCUT2D eigenvalue weighted by molar-refractivity contribution is 7.99. The lowest BCUT2D eigenvalue weighted by Crippen LogP contribution is -2.40.